The summed E-state index contributed by atoms with van der Waals surface area (Å²) in [5.41, 5.74) is -2.60. The summed E-state index contributed by atoms with van der Waals surface area (Å²) in [6.07, 6.45) is -3.45. The number of nitrogens with zero attached hydrogens (tertiary/aromatic N) is 1. The molecule has 1 N–H and O–H groups in total. The minimum absolute atomic E-state index is 0.0218. The van der Waals surface area contributed by atoms with E-state index in [1.165, 1.54) is 0 Å². The van der Waals surface area contributed by atoms with Crippen LogP contribution < -0.4 is 0 Å². The minimum atomic E-state index is -4.70. The van der Waals surface area contributed by atoms with Gasteiger partial charge in [0.15, 0.2) is 5.41 Å². The first-order chi connectivity index (χ1) is 9.49. The maximum Gasteiger partial charge on any atom is 0.406 e. The maximum atomic E-state index is 13.2. The van der Waals surface area contributed by atoms with Crippen LogP contribution in [0.5, 0.6) is 0 Å². The summed E-state index contributed by atoms with van der Waals surface area (Å²) in [6.45, 7) is 7.94. The molecule has 1 unspecified atom stereocenters. The number of hydrogen-bond donors (Lipinski definition) is 1. The molecule has 0 aliphatic carbocycles. The zero-order valence-corrected chi connectivity index (χ0v) is 13.2. The van der Waals surface area contributed by atoms with Crippen molar-refractivity contribution in [3.8, 4) is 0 Å². The fraction of sp³-hybridized carbons (Fsp3) is 0.933. The van der Waals surface area contributed by atoms with Gasteiger partial charge in [0.25, 0.3) is 0 Å². The quantitative estimate of drug-likeness (QED) is 0.811. The van der Waals surface area contributed by atoms with Gasteiger partial charge in [-0.1, -0.05) is 27.7 Å². The van der Waals surface area contributed by atoms with E-state index >= 15 is 0 Å². The normalized spacial score (nSPS) is 24.5. The second kappa shape index (κ2) is 6.55. The molecule has 1 atom stereocenters. The lowest BCUT2D eigenvalue weighted by Gasteiger charge is -2.33. The summed E-state index contributed by atoms with van der Waals surface area (Å²) in [5.74, 6) is -0.996. The van der Waals surface area contributed by atoms with Gasteiger partial charge < -0.3 is 5.11 Å². The van der Waals surface area contributed by atoms with Crippen molar-refractivity contribution in [1.29, 1.82) is 0 Å². The van der Waals surface area contributed by atoms with E-state index in [9.17, 15) is 18.0 Å². The van der Waals surface area contributed by atoms with Crippen LogP contribution in [0.2, 0.25) is 0 Å². The van der Waals surface area contributed by atoms with Gasteiger partial charge >= 0.3 is 12.1 Å². The second-order valence-electron chi connectivity index (χ2n) is 7.02. The van der Waals surface area contributed by atoms with Crippen molar-refractivity contribution in [1.82, 2.24) is 4.90 Å². The topological polar surface area (TPSA) is 40.5 Å². The monoisotopic (exact) mass is 309 g/mol. The molecule has 6 heteroatoms. The van der Waals surface area contributed by atoms with Crippen LogP contribution in [-0.2, 0) is 4.79 Å². The molecule has 3 nitrogen and oxygen atoms in total. The van der Waals surface area contributed by atoms with Crippen LogP contribution in [0.1, 0.15) is 47.0 Å². The smallest absolute Gasteiger partial charge is 0.406 e. The van der Waals surface area contributed by atoms with Crippen LogP contribution >= 0.6 is 0 Å². The first-order valence-electron chi connectivity index (χ1n) is 7.53. The average molecular weight is 309 g/mol. The molecule has 0 aromatic rings. The third kappa shape index (κ3) is 4.11. The SMILES string of the molecule is CC(C)CC(CC(C)C)N1CCC(C(=O)O)(C(F)(F)F)C1. The van der Waals surface area contributed by atoms with Crippen LogP contribution in [0.25, 0.3) is 0 Å². The Labute approximate surface area is 124 Å². The Kier molecular flexibility index (Phi) is 5.69. The molecule has 1 heterocycles. The third-order valence-electron chi connectivity index (χ3n) is 4.25. The van der Waals surface area contributed by atoms with E-state index < -0.39 is 24.1 Å². The van der Waals surface area contributed by atoms with Gasteiger partial charge in [0, 0.05) is 12.6 Å². The molecule has 1 rings (SSSR count). The van der Waals surface area contributed by atoms with Gasteiger partial charge in [-0.15, -0.1) is 0 Å². The van der Waals surface area contributed by atoms with Crippen molar-refractivity contribution in [3.05, 3.63) is 0 Å². The third-order valence-corrected chi connectivity index (χ3v) is 4.25. The fourth-order valence-electron chi connectivity index (χ4n) is 3.16. The summed E-state index contributed by atoms with van der Waals surface area (Å²) < 4.78 is 39.7. The minimum Gasteiger partial charge on any atom is -0.481 e. The molecular formula is C15H26F3NO2. The molecule has 0 radical (unpaired) electrons. The highest BCUT2D eigenvalue weighted by Crippen LogP contribution is 2.46. The number of aliphatic carboxylic acids is 1. The van der Waals surface area contributed by atoms with E-state index in [0.29, 0.717) is 11.8 Å². The van der Waals surface area contributed by atoms with Crippen molar-refractivity contribution in [2.45, 2.75) is 59.2 Å². The number of carboxylic acids is 1. The molecule has 0 saturated carbocycles. The van der Waals surface area contributed by atoms with E-state index in [2.05, 4.69) is 0 Å². The van der Waals surface area contributed by atoms with E-state index in [1.54, 1.807) is 4.90 Å². The van der Waals surface area contributed by atoms with Crippen LogP contribution in [0.15, 0.2) is 0 Å². The summed E-state index contributed by atoms with van der Waals surface area (Å²) in [5, 5.41) is 9.12. The predicted octanol–water partition coefficient (Wildman–Crippen LogP) is 3.79. The maximum absolute atomic E-state index is 13.2. The number of alkyl halides is 3. The molecule has 0 bridgehead atoms. The number of carbonyl (C=O) groups is 1. The lowest BCUT2D eigenvalue weighted by Crippen LogP contribution is -2.48. The molecule has 0 amide bonds. The Morgan fingerprint density at radius 1 is 1.19 bits per heavy atom. The Hall–Kier alpha value is -0.780. The number of rotatable bonds is 6. The number of halogens is 3. The second-order valence-corrected chi connectivity index (χ2v) is 7.02. The highest BCUT2D eigenvalue weighted by molar-refractivity contribution is 5.76. The van der Waals surface area contributed by atoms with Gasteiger partial charge in [-0.05, 0) is 37.6 Å². The summed E-state index contributed by atoms with van der Waals surface area (Å²) in [4.78, 5) is 13.0. The Morgan fingerprint density at radius 3 is 1.95 bits per heavy atom. The zero-order valence-electron chi connectivity index (χ0n) is 13.2. The standard InChI is InChI=1S/C15H26F3NO2/c1-10(2)7-12(8-11(3)4)19-6-5-14(9-19,13(20)21)15(16,17)18/h10-12H,5-9H2,1-4H3,(H,20,21). The van der Waals surface area contributed by atoms with Crippen molar-refractivity contribution in [2.75, 3.05) is 13.1 Å². The number of likely N-dealkylation sites (tertiary alicyclic amines) is 1. The van der Waals surface area contributed by atoms with Gasteiger partial charge in [0.1, 0.15) is 0 Å². The average Bonchev–Trinajstić information content (AvgIpc) is 2.71. The molecular weight excluding hydrogens is 283 g/mol. The zero-order chi connectivity index (χ0) is 16.4. The Balaban J connectivity index is 2.92. The molecule has 0 spiro atoms. The molecule has 0 aromatic heterocycles. The number of carboxylic acid groups (broad SMARTS) is 1. The molecule has 1 aliphatic rings. The van der Waals surface area contributed by atoms with E-state index in [0.717, 1.165) is 12.8 Å². The summed E-state index contributed by atoms with van der Waals surface area (Å²) in [6, 6.07) is 0.0218. The Bertz CT molecular complexity index is 358. The van der Waals surface area contributed by atoms with Crippen LogP contribution in [-0.4, -0.2) is 41.3 Å². The van der Waals surface area contributed by atoms with Gasteiger partial charge in [0.2, 0.25) is 0 Å². The highest BCUT2D eigenvalue weighted by Gasteiger charge is 2.64. The largest absolute Gasteiger partial charge is 0.481 e. The molecule has 1 fully saturated rings. The van der Waals surface area contributed by atoms with Crippen LogP contribution in [0.4, 0.5) is 13.2 Å². The Morgan fingerprint density at radius 2 is 1.67 bits per heavy atom. The van der Waals surface area contributed by atoms with Crippen molar-refractivity contribution < 1.29 is 23.1 Å². The van der Waals surface area contributed by atoms with Crippen molar-refractivity contribution in [2.24, 2.45) is 17.3 Å². The van der Waals surface area contributed by atoms with E-state index in [4.69, 9.17) is 5.11 Å². The van der Waals surface area contributed by atoms with Crippen LogP contribution in [0.3, 0.4) is 0 Å². The first-order valence-corrected chi connectivity index (χ1v) is 7.53. The summed E-state index contributed by atoms with van der Waals surface area (Å²) >= 11 is 0. The molecule has 21 heavy (non-hydrogen) atoms. The molecule has 1 saturated heterocycles. The van der Waals surface area contributed by atoms with Gasteiger partial charge in [0.05, 0.1) is 0 Å². The fourth-order valence-corrected chi connectivity index (χ4v) is 3.16. The lowest BCUT2D eigenvalue weighted by atomic mass is 9.86. The van der Waals surface area contributed by atoms with E-state index in [1.807, 2.05) is 27.7 Å². The summed E-state index contributed by atoms with van der Waals surface area (Å²) in [7, 11) is 0. The number of hydrogen-bond acceptors (Lipinski definition) is 2. The van der Waals surface area contributed by atoms with E-state index in [-0.39, 0.29) is 19.0 Å². The van der Waals surface area contributed by atoms with Gasteiger partial charge in [-0.3, -0.25) is 9.69 Å². The first kappa shape index (κ1) is 18.3. The van der Waals surface area contributed by atoms with Gasteiger partial charge in [-0.25, -0.2) is 0 Å². The van der Waals surface area contributed by atoms with Crippen molar-refractivity contribution >= 4 is 5.97 Å². The highest BCUT2D eigenvalue weighted by atomic mass is 19.4. The molecule has 0 aromatic carbocycles. The van der Waals surface area contributed by atoms with Crippen LogP contribution in [0, 0.1) is 17.3 Å². The predicted molar refractivity (Wildman–Crippen MR) is 75.0 cm³/mol. The lowest BCUT2D eigenvalue weighted by molar-refractivity contribution is -0.228. The molecule has 124 valence electrons. The van der Waals surface area contributed by atoms with Crippen molar-refractivity contribution in [3.63, 3.8) is 0 Å². The van der Waals surface area contributed by atoms with Gasteiger partial charge in [-0.2, -0.15) is 13.2 Å². The molecule has 1 aliphatic heterocycles.